The molecular formula is C12H16Cl2N4O. The topological polar surface area (TPSA) is 90.4 Å². The van der Waals surface area contributed by atoms with Gasteiger partial charge in [0.1, 0.15) is 6.54 Å². The number of H-pyrrole nitrogens is 1. The molecule has 7 heteroatoms. The van der Waals surface area contributed by atoms with E-state index < -0.39 is 0 Å². The Morgan fingerprint density at radius 3 is 2.47 bits per heavy atom. The molecule has 0 saturated heterocycles. The zero-order valence-electron chi connectivity index (χ0n) is 10.3. The molecular weight excluding hydrogens is 287 g/mol. The molecule has 1 aromatic carbocycles. The number of nitrogens with two attached hydrogens (primary N) is 1. The van der Waals surface area contributed by atoms with Gasteiger partial charge in [0.2, 0.25) is 5.69 Å². The van der Waals surface area contributed by atoms with Gasteiger partial charge in [0, 0.05) is 0 Å². The number of quaternary nitrogens is 1. The monoisotopic (exact) mass is 302 g/mol. The molecule has 2 aromatic rings. The number of imidazole rings is 1. The lowest BCUT2D eigenvalue weighted by atomic mass is 10.2. The van der Waals surface area contributed by atoms with Gasteiger partial charge >= 0.3 is 0 Å². The number of nitrogens with one attached hydrogen (secondary N) is 1. The summed E-state index contributed by atoms with van der Waals surface area (Å²) in [6, 6.07) is 9.94. The lowest BCUT2D eigenvalue weighted by Gasteiger charge is -1.99. The molecule has 0 fully saturated rings. The zero-order valence-corrected chi connectivity index (χ0v) is 11.8. The van der Waals surface area contributed by atoms with Crippen molar-refractivity contribution in [3.8, 4) is 0 Å². The summed E-state index contributed by atoms with van der Waals surface area (Å²) in [7, 11) is 0. The van der Waals surface area contributed by atoms with Gasteiger partial charge in [0.15, 0.2) is 6.33 Å². The molecule has 0 bridgehead atoms. The van der Waals surface area contributed by atoms with Crippen molar-refractivity contribution in [2.24, 2.45) is 0 Å². The van der Waals surface area contributed by atoms with Crippen LogP contribution in [0.25, 0.3) is 0 Å². The Bertz CT molecular complexity index is 528. The van der Waals surface area contributed by atoms with Crippen LogP contribution in [0.5, 0.6) is 0 Å². The summed E-state index contributed by atoms with van der Waals surface area (Å²) >= 11 is 0. The van der Waals surface area contributed by atoms with Crippen LogP contribution in [0, 0.1) is 0 Å². The number of nitrogens with zero attached hydrogens (tertiary/aromatic N) is 1. The first kappa shape index (κ1) is 17.4. The number of hydrogen-bond acceptors (Lipinski definition) is 2. The van der Waals surface area contributed by atoms with Crippen LogP contribution in [-0.2, 0) is 6.54 Å². The third-order valence-corrected chi connectivity index (χ3v) is 2.63. The smallest absolute Gasteiger partial charge is 0.262 e. The summed E-state index contributed by atoms with van der Waals surface area (Å²) in [6.45, 7) is 0.851. The Kier molecular flexibility index (Phi) is 7.14. The lowest BCUT2D eigenvalue weighted by molar-refractivity contribution is -0.673. The average Bonchev–Trinajstić information content (AvgIpc) is 2.72. The van der Waals surface area contributed by atoms with Gasteiger partial charge in [-0.1, -0.05) is 30.3 Å². The Balaban J connectivity index is 0.00000162. The number of benzene rings is 1. The fraction of sp³-hybridized carbons (Fsp3) is 0.167. The summed E-state index contributed by atoms with van der Waals surface area (Å²) < 4.78 is 1.82. The van der Waals surface area contributed by atoms with E-state index in [0.29, 0.717) is 18.1 Å². The molecule has 0 spiro atoms. The number of hydrogen-bond donors (Lipinski definition) is 3. The number of anilines is 1. The number of aromatic amines is 1. The number of Topliss-reactive ketones (excluding diaryl/α,β-unsaturated/α-hetero) is 1. The fourth-order valence-electron chi connectivity index (χ4n) is 1.69. The third kappa shape index (κ3) is 3.96. The fourth-order valence-corrected chi connectivity index (χ4v) is 1.69. The van der Waals surface area contributed by atoms with Gasteiger partial charge in [-0.05, 0) is 5.56 Å². The maximum Gasteiger partial charge on any atom is 0.262 e. The van der Waals surface area contributed by atoms with E-state index in [2.05, 4.69) is 10.7 Å². The van der Waals surface area contributed by atoms with Crippen LogP contribution in [0.3, 0.4) is 0 Å². The molecule has 104 valence electrons. The molecule has 0 aliphatic carbocycles. The van der Waals surface area contributed by atoms with E-state index in [0.717, 1.165) is 5.56 Å². The van der Waals surface area contributed by atoms with Crippen LogP contribution in [-0.4, -0.2) is 17.3 Å². The van der Waals surface area contributed by atoms with Gasteiger partial charge < -0.3 is 36.3 Å². The van der Waals surface area contributed by atoms with E-state index in [1.807, 2.05) is 34.9 Å². The van der Waals surface area contributed by atoms with E-state index >= 15 is 0 Å². The largest absolute Gasteiger partial charge is 1.00 e. The molecule has 1 aromatic heterocycles. The molecule has 1 heterocycles. The number of carbonyl (C=O) groups is 1. The molecule has 5 nitrogen and oxygen atoms in total. The van der Waals surface area contributed by atoms with Crippen LogP contribution in [0.1, 0.15) is 16.1 Å². The Morgan fingerprint density at radius 1 is 1.26 bits per heavy atom. The Morgan fingerprint density at radius 2 is 1.89 bits per heavy atom. The first-order valence-electron chi connectivity index (χ1n) is 5.45. The summed E-state index contributed by atoms with van der Waals surface area (Å²) in [5.74, 6) is 0.386. The van der Waals surface area contributed by atoms with Gasteiger partial charge in [-0.25, -0.2) is 4.57 Å². The van der Waals surface area contributed by atoms with Crippen molar-refractivity contribution in [3.63, 3.8) is 0 Å². The van der Waals surface area contributed by atoms with Crippen molar-refractivity contribution in [1.82, 2.24) is 4.98 Å². The lowest BCUT2D eigenvalue weighted by Crippen LogP contribution is -3.00. The van der Waals surface area contributed by atoms with Crippen molar-refractivity contribution in [1.29, 1.82) is 0 Å². The molecule has 2 rings (SSSR count). The molecule has 0 aliphatic heterocycles. The number of nitrogen functional groups attached to an aromatic ring is 1. The van der Waals surface area contributed by atoms with E-state index in [4.69, 9.17) is 5.73 Å². The molecule has 0 radical (unpaired) electrons. The van der Waals surface area contributed by atoms with Crippen LogP contribution in [0.4, 0.5) is 5.82 Å². The van der Waals surface area contributed by atoms with Gasteiger partial charge in [-0.3, -0.25) is 9.78 Å². The van der Waals surface area contributed by atoms with Crippen molar-refractivity contribution >= 4 is 11.6 Å². The van der Waals surface area contributed by atoms with E-state index in [9.17, 15) is 4.79 Å². The summed E-state index contributed by atoms with van der Waals surface area (Å²) in [5, 5.41) is 0. The van der Waals surface area contributed by atoms with Crippen molar-refractivity contribution in [3.05, 3.63) is 47.9 Å². The molecule has 19 heavy (non-hydrogen) atoms. The highest BCUT2D eigenvalue weighted by Gasteiger charge is 2.20. The second-order valence-corrected chi connectivity index (χ2v) is 3.82. The maximum atomic E-state index is 11.5. The van der Waals surface area contributed by atoms with Crippen LogP contribution < -0.4 is 40.8 Å². The van der Waals surface area contributed by atoms with Gasteiger partial charge in [-0.15, -0.1) is 0 Å². The minimum atomic E-state index is -0.0747. The SMILES string of the molecule is Nc1c(C(=O)C[NH3+])[nH]c[n+]1Cc1ccccc1.[Cl-].[Cl-]. The van der Waals surface area contributed by atoms with E-state index in [-0.39, 0.29) is 37.1 Å². The zero-order chi connectivity index (χ0) is 12.3. The predicted molar refractivity (Wildman–Crippen MR) is 63.0 cm³/mol. The number of aromatic nitrogens is 2. The quantitative estimate of drug-likeness (QED) is 0.387. The first-order valence-corrected chi connectivity index (χ1v) is 5.45. The minimum absolute atomic E-state index is 0. The predicted octanol–water partition coefficient (Wildman–Crippen LogP) is -6.63. The van der Waals surface area contributed by atoms with Crippen LogP contribution in [0.2, 0.25) is 0 Å². The summed E-state index contributed by atoms with van der Waals surface area (Å²) in [6.07, 6.45) is 1.71. The van der Waals surface area contributed by atoms with E-state index in [1.54, 1.807) is 6.33 Å². The van der Waals surface area contributed by atoms with E-state index in [1.165, 1.54) is 0 Å². The van der Waals surface area contributed by atoms with Gasteiger partial charge in [0.25, 0.3) is 11.6 Å². The summed E-state index contributed by atoms with van der Waals surface area (Å²) in [4.78, 5) is 14.4. The van der Waals surface area contributed by atoms with Crippen molar-refractivity contribution in [2.45, 2.75) is 6.54 Å². The second-order valence-electron chi connectivity index (χ2n) is 3.82. The highest BCUT2D eigenvalue weighted by atomic mass is 35.5. The highest BCUT2D eigenvalue weighted by Crippen LogP contribution is 2.05. The Hall–Kier alpha value is -1.56. The second kappa shape index (κ2) is 7.78. The average molecular weight is 303 g/mol. The molecule has 0 saturated carbocycles. The Labute approximate surface area is 123 Å². The standard InChI is InChI=1S/C12H14N4O.2ClH/c13-6-10(17)11-12(14)16(8-15-11)7-9-4-2-1-3-5-9;;/h1-5,8H,6-7,13H2,(H2,14,17);2*1H. The molecule has 0 aliphatic rings. The van der Waals surface area contributed by atoms with Crippen molar-refractivity contribution < 1.29 is 39.9 Å². The van der Waals surface area contributed by atoms with Crippen molar-refractivity contribution in [2.75, 3.05) is 12.3 Å². The van der Waals surface area contributed by atoms with Crippen LogP contribution in [0.15, 0.2) is 36.7 Å². The third-order valence-electron chi connectivity index (χ3n) is 2.63. The van der Waals surface area contributed by atoms with Gasteiger partial charge in [0.05, 0.1) is 6.54 Å². The molecule has 0 amide bonds. The van der Waals surface area contributed by atoms with Crippen LogP contribution >= 0.6 is 0 Å². The number of halogens is 2. The molecule has 0 unspecified atom stereocenters. The van der Waals surface area contributed by atoms with Gasteiger partial charge in [-0.2, -0.15) is 0 Å². The normalized spacial score (nSPS) is 9.32. The minimum Gasteiger partial charge on any atom is -1.00 e. The summed E-state index contributed by atoms with van der Waals surface area (Å²) in [5.41, 5.74) is 11.0. The highest BCUT2D eigenvalue weighted by molar-refractivity contribution is 5.98. The number of rotatable bonds is 4. The number of ketones is 1. The maximum absolute atomic E-state index is 11.5. The molecule has 6 N–H and O–H groups in total. The number of carbonyl (C=O) groups excluding carboxylic acids is 1. The first-order chi connectivity index (χ1) is 8.22. The molecule has 0 atom stereocenters.